The molecule has 1 aliphatic carbocycles. The van der Waals surface area contributed by atoms with E-state index in [0.29, 0.717) is 18.8 Å². The number of carbonyl (C=O) groups excluding carboxylic acids is 1. The third-order valence-electron chi connectivity index (χ3n) is 4.14. The van der Waals surface area contributed by atoms with Crippen LogP contribution in [0.25, 0.3) is 0 Å². The summed E-state index contributed by atoms with van der Waals surface area (Å²) >= 11 is 0. The molecule has 0 spiro atoms. The summed E-state index contributed by atoms with van der Waals surface area (Å²) in [5, 5.41) is 3.23. The molecule has 1 N–H and O–H groups in total. The van der Waals surface area contributed by atoms with Gasteiger partial charge in [0.2, 0.25) is 0 Å². The Morgan fingerprint density at radius 3 is 3.00 bits per heavy atom. The predicted octanol–water partition coefficient (Wildman–Crippen LogP) is 2.27. The van der Waals surface area contributed by atoms with E-state index in [-0.39, 0.29) is 6.04 Å². The van der Waals surface area contributed by atoms with Crippen LogP contribution in [0.5, 0.6) is 5.75 Å². The summed E-state index contributed by atoms with van der Waals surface area (Å²) in [6.45, 7) is 1.47. The van der Waals surface area contributed by atoms with Gasteiger partial charge in [-0.3, -0.25) is 4.79 Å². The second-order valence-electron chi connectivity index (χ2n) is 5.50. The molecule has 0 saturated carbocycles. The van der Waals surface area contributed by atoms with Gasteiger partial charge < -0.3 is 10.1 Å². The van der Waals surface area contributed by atoms with Crippen LogP contribution in [-0.2, 0) is 17.6 Å². The number of carbonyl (C=O) groups is 1. The number of hydrogen-bond acceptors (Lipinski definition) is 3. The number of fused-ring (bicyclic) bond motifs is 1. The maximum absolute atomic E-state index is 11.9. The van der Waals surface area contributed by atoms with Gasteiger partial charge in [0.25, 0.3) is 0 Å². The number of ether oxygens (including phenoxy) is 1. The van der Waals surface area contributed by atoms with Crippen molar-refractivity contribution in [1.82, 2.24) is 5.32 Å². The van der Waals surface area contributed by atoms with Gasteiger partial charge in [-0.2, -0.15) is 0 Å². The number of rotatable bonds is 5. The lowest BCUT2D eigenvalue weighted by Crippen LogP contribution is -2.31. The lowest BCUT2D eigenvalue weighted by atomic mass is 10.1. The third-order valence-corrected chi connectivity index (χ3v) is 4.14. The Balaban J connectivity index is 1.48. The molecule has 2 aliphatic rings. The molecule has 1 aliphatic heterocycles. The summed E-state index contributed by atoms with van der Waals surface area (Å²) in [6.07, 6.45) is 6.22. The molecule has 0 aromatic heterocycles. The van der Waals surface area contributed by atoms with Gasteiger partial charge in [0.1, 0.15) is 5.75 Å². The van der Waals surface area contributed by atoms with Crippen LogP contribution in [0.4, 0.5) is 0 Å². The fourth-order valence-corrected chi connectivity index (χ4v) is 3.04. The summed E-state index contributed by atoms with van der Waals surface area (Å²) < 4.78 is 5.71. The Kier molecular flexibility index (Phi) is 3.83. The van der Waals surface area contributed by atoms with E-state index in [1.54, 1.807) is 0 Å². The van der Waals surface area contributed by atoms with Crippen molar-refractivity contribution in [3.05, 3.63) is 29.3 Å². The van der Waals surface area contributed by atoms with E-state index in [1.807, 2.05) is 6.07 Å². The molecule has 1 aromatic rings. The summed E-state index contributed by atoms with van der Waals surface area (Å²) in [6, 6.07) is 6.41. The van der Waals surface area contributed by atoms with Crippen molar-refractivity contribution in [2.75, 3.05) is 13.2 Å². The normalized spacial score (nSPS) is 21.4. The predicted molar refractivity (Wildman–Crippen MR) is 74.6 cm³/mol. The molecule has 1 aromatic carbocycles. The molecule has 1 heterocycles. The first-order valence-corrected chi connectivity index (χ1v) is 7.33. The highest BCUT2D eigenvalue weighted by molar-refractivity contribution is 5.84. The van der Waals surface area contributed by atoms with Gasteiger partial charge in [0.05, 0.1) is 12.6 Å². The van der Waals surface area contributed by atoms with Gasteiger partial charge >= 0.3 is 0 Å². The Labute approximate surface area is 114 Å². The highest BCUT2D eigenvalue weighted by atomic mass is 16.5. The van der Waals surface area contributed by atoms with E-state index >= 15 is 0 Å². The fraction of sp³-hybridized carbons (Fsp3) is 0.562. The van der Waals surface area contributed by atoms with Crippen LogP contribution in [-0.4, -0.2) is 25.0 Å². The van der Waals surface area contributed by atoms with Crippen molar-refractivity contribution in [2.45, 2.75) is 44.6 Å². The van der Waals surface area contributed by atoms with Gasteiger partial charge in [0.15, 0.2) is 5.78 Å². The fourth-order valence-electron chi connectivity index (χ4n) is 3.04. The van der Waals surface area contributed by atoms with Crippen molar-refractivity contribution in [1.29, 1.82) is 0 Å². The molecule has 19 heavy (non-hydrogen) atoms. The highest BCUT2D eigenvalue weighted by Crippen LogP contribution is 2.26. The van der Waals surface area contributed by atoms with Crippen LogP contribution in [0.1, 0.15) is 36.8 Å². The molecule has 0 bridgehead atoms. The number of hydrogen-bond donors (Lipinski definition) is 1. The van der Waals surface area contributed by atoms with Gasteiger partial charge in [0, 0.05) is 6.42 Å². The molecule has 0 radical (unpaired) electrons. The summed E-state index contributed by atoms with van der Waals surface area (Å²) in [4.78, 5) is 11.9. The topological polar surface area (TPSA) is 38.3 Å². The smallest absolute Gasteiger partial charge is 0.153 e. The molecule has 0 amide bonds. The number of nitrogens with one attached hydrogen (secondary N) is 1. The quantitative estimate of drug-likeness (QED) is 0.881. The average Bonchev–Trinajstić information content (AvgIpc) is 3.09. The van der Waals surface area contributed by atoms with Crippen molar-refractivity contribution in [2.24, 2.45) is 0 Å². The van der Waals surface area contributed by atoms with Gasteiger partial charge in [-0.15, -0.1) is 0 Å². The van der Waals surface area contributed by atoms with Crippen LogP contribution < -0.4 is 10.1 Å². The van der Waals surface area contributed by atoms with E-state index in [9.17, 15) is 4.79 Å². The van der Waals surface area contributed by atoms with Crippen LogP contribution in [0.15, 0.2) is 18.2 Å². The van der Waals surface area contributed by atoms with Gasteiger partial charge in [-0.05, 0) is 61.9 Å². The summed E-state index contributed by atoms with van der Waals surface area (Å²) in [5.74, 6) is 1.20. The van der Waals surface area contributed by atoms with Crippen molar-refractivity contribution >= 4 is 5.78 Å². The Morgan fingerprint density at radius 1 is 1.26 bits per heavy atom. The zero-order valence-electron chi connectivity index (χ0n) is 11.3. The standard InChI is InChI=1S/C16H21NO2/c18-16(15-5-2-9-17-15)8-10-19-14-7-6-12-3-1-4-13(12)11-14/h6-7,11,15,17H,1-5,8-10H2. The summed E-state index contributed by atoms with van der Waals surface area (Å²) in [5.41, 5.74) is 2.87. The second kappa shape index (κ2) is 5.74. The number of benzene rings is 1. The average molecular weight is 259 g/mol. The number of aryl methyl sites for hydroxylation is 2. The number of Topliss-reactive ketones (excluding diaryl/α,β-unsaturated/α-hetero) is 1. The van der Waals surface area contributed by atoms with Crippen LogP contribution >= 0.6 is 0 Å². The zero-order chi connectivity index (χ0) is 13.1. The van der Waals surface area contributed by atoms with E-state index in [4.69, 9.17) is 4.74 Å². The molecule has 1 saturated heterocycles. The monoisotopic (exact) mass is 259 g/mol. The molecule has 3 rings (SSSR count). The third kappa shape index (κ3) is 2.98. The van der Waals surface area contributed by atoms with Crippen LogP contribution in [0, 0.1) is 0 Å². The molecule has 3 heteroatoms. The molecular formula is C16H21NO2. The zero-order valence-corrected chi connectivity index (χ0v) is 11.3. The first kappa shape index (κ1) is 12.7. The van der Waals surface area contributed by atoms with Crippen molar-refractivity contribution < 1.29 is 9.53 Å². The molecule has 1 unspecified atom stereocenters. The minimum absolute atomic E-state index is 0.0728. The van der Waals surface area contributed by atoms with Crippen molar-refractivity contribution in [3.8, 4) is 5.75 Å². The molecule has 102 valence electrons. The lowest BCUT2D eigenvalue weighted by molar-refractivity contribution is -0.121. The maximum atomic E-state index is 11.9. The molecular weight excluding hydrogens is 238 g/mol. The van der Waals surface area contributed by atoms with E-state index in [2.05, 4.69) is 17.4 Å². The van der Waals surface area contributed by atoms with Crippen LogP contribution in [0.3, 0.4) is 0 Å². The van der Waals surface area contributed by atoms with Crippen LogP contribution in [0.2, 0.25) is 0 Å². The Hall–Kier alpha value is -1.35. The highest BCUT2D eigenvalue weighted by Gasteiger charge is 2.21. The van der Waals surface area contributed by atoms with E-state index in [1.165, 1.54) is 24.0 Å². The van der Waals surface area contributed by atoms with Gasteiger partial charge in [-0.1, -0.05) is 6.07 Å². The molecule has 1 fully saturated rings. The first-order chi connectivity index (χ1) is 9.33. The lowest BCUT2D eigenvalue weighted by Gasteiger charge is -2.10. The minimum atomic E-state index is 0.0728. The van der Waals surface area contributed by atoms with E-state index < -0.39 is 0 Å². The molecule has 3 nitrogen and oxygen atoms in total. The van der Waals surface area contributed by atoms with Crippen molar-refractivity contribution in [3.63, 3.8) is 0 Å². The summed E-state index contributed by atoms with van der Waals surface area (Å²) in [7, 11) is 0. The second-order valence-corrected chi connectivity index (χ2v) is 5.50. The first-order valence-electron chi connectivity index (χ1n) is 7.33. The SMILES string of the molecule is O=C(CCOc1ccc2c(c1)CCC2)C1CCCN1. The van der Waals surface area contributed by atoms with Gasteiger partial charge in [-0.25, -0.2) is 0 Å². The van der Waals surface area contributed by atoms with E-state index in [0.717, 1.165) is 31.6 Å². The maximum Gasteiger partial charge on any atom is 0.153 e. The molecule has 1 atom stereocenters. The Bertz CT molecular complexity index is 464. The Morgan fingerprint density at radius 2 is 2.16 bits per heavy atom. The largest absolute Gasteiger partial charge is 0.493 e. The minimum Gasteiger partial charge on any atom is -0.493 e. The number of ketones is 1.